The van der Waals surface area contributed by atoms with Gasteiger partial charge in [-0.05, 0) is 18.1 Å². The molecular weight excluding hydrogens is 207 g/mol. The first kappa shape index (κ1) is 12.8. The largest absolute Gasteiger partial charge is 0.400 e. The van der Waals surface area contributed by atoms with E-state index in [1.807, 2.05) is 18.2 Å². The van der Waals surface area contributed by atoms with Crippen molar-refractivity contribution in [1.29, 1.82) is 0 Å². The number of hydrogen-bond donors (Lipinski definition) is 1. The van der Waals surface area contributed by atoms with E-state index < -0.39 is 0 Å². The highest BCUT2D eigenvalue weighted by molar-refractivity contribution is 6.42. The summed E-state index contributed by atoms with van der Waals surface area (Å²) in [6.45, 7) is 2.12. The Morgan fingerprint density at radius 2 is 1.85 bits per heavy atom. The molecule has 0 aliphatic carbocycles. The minimum atomic E-state index is 0.651. The fraction of sp³-hybridized carbons (Fsp3) is 0.400. The van der Waals surface area contributed by atoms with Crippen molar-refractivity contribution in [3.8, 4) is 0 Å². The molecule has 0 aliphatic rings. The van der Waals surface area contributed by atoms with Crippen LogP contribution in [-0.4, -0.2) is 12.2 Å². The van der Waals surface area contributed by atoms with Crippen molar-refractivity contribution in [1.82, 2.24) is 0 Å². The molecule has 0 saturated carbocycles. The van der Waals surface area contributed by atoms with E-state index in [4.69, 9.17) is 28.3 Å². The molecule has 0 heterocycles. The molecule has 1 nitrogen and oxygen atoms in total. The van der Waals surface area contributed by atoms with Gasteiger partial charge in [0.05, 0.1) is 10.0 Å². The van der Waals surface area contributed by atoms with Crippen molar-refractivity contribution in [3.63, 3.8) is 0 Å². The Morgan fingerprint density at radius 3 is 2.38 bits per heavy atom. The van der Waals surface area contributed by atoms with E-state index in [0.29, 0.717) is 10.0 Å². The fourth-order valence-corrected chi connectivity index (χ4v) is 1.43. The normalized spacial score (nSPS) is 9.00. The van der Waals surface area contributed by atoms with Gasteiger partial charge in [0.25, 0.3) is 0 Å². The molecule has 0 aliphatic heterocycles. The van der Waals surface area contributed by atoms with Crippen molar-refractivity contribution in [2.24, 2.45) is 0 Å². The lowest BCUT2D eigenvalue weighted by atomic mass is 10.1. The van der Waals surface area contributed by atoms with Crippen LogP contribution in [0.25, 0.3) is 0 Å². The molecule has 0 amide bonds. The summed E-state index contributed by atoms with van der Waals surface area (Å²) in [6.07, 6.45) is 2.10. The predicted octanol–water partition coefficient (Wildman–Crippen LogP) is 3.55. The first-order chi connectivity index (χ1) is 6.25. The Balaban J connectivity index is 0.000000671. The third-order valence-electron chi connectivity index (χ3n) is 1.55. The SMILES string of the molecule is CCCc1cccc(Cl)c1Cl.CO. The maximum atomic E-state index is 7.00. The lowest BCUT2D eigenvalue weighted by molar-refractivity contribution is 0.399. The Morgan fingerprint density at radius 1 is 1.23 bits per heavy atom. The number of aliphatic hydroxyl groups is 1. The molecule has 0 fully saturated rings. The molecule has 1 aromatic rings. The molecule has 1 N–H and O–H groups in total. The quantitative estimate of drug-likeness (QED) is 0.809. The molecule has 1 rings (SSSR count). The van der Waals surface area contributed by atoms with Crippen LogP contribution in [0.2, 0.25) is 10.0 Å². The summed E-state index contributed by atoms with van der Waals surface area (Å²) in [5.74, 6) is 0. The molecule has 3 heteroatoms. The van der Waals surface area contributed by atoms with Gasteiger partial charge in [-0.15, -0.1) is 0 Å². The summed E-state index contributed by atoms with van der Waals surface area (Å²) in [7, 11) is 1.00. The molecular formula is C10H14Cl2O. The van der Waals surface area contributed by atoms with E-state index in [1.54, 1.807) is 0 Å². The van der Waals surface area contributed by atoms with Gasteiger partial charge in [-0.25, -0.2) is 0 Å². The van der Waals surface area contributed by atoms with Crippen molar-refractivity contribution < 1.29 is 5.11 Å². The maximum Gasteiger partial charge on any atom is 0.0624 e. The Bertz CT molecular complexity index is 249. The van der Waals surface area contributed by atoms with E-state index >= 15 is 0 Å². The molecule has 0 radical (unpaired) electrons. The monoisotopic (exact) mass is 220 g/mol. The minimum absolute atomic E-state index is 0.651. The highest BCUT2D eigenvalue weighted by atomic mass is 35.5. The van der Waals surface area contributed by atoms with Gasteiger partial charge in [0.15, 0.2) is 0 Å². The van der Waals surface area contributed by atoms with Crippen LogP contribution < -0.4 is 0 Å². The first-order valence-electron chi connectivity index (χ1n) is 4.13. The van der Waals surface area contributed by atoms with E-state index in [0.717, 1.165) is 25.5 Å². The maximum absolute atomic E-state index is 7.00. The van der Waals surface area contributed by atoms with Crippen LogP contribution >= 0.6 is 23.2 Å². The zero-order valence-electron chi connectivity index (χ0n) is 7.85. The molecule has 1 aromatic carbocycles. The summed E-state index contributed by atoms with van der Waals surface area (Å²) in [5.41, 5.74) is 1.14. The third-order valence-corrected chi connectivity index (χ3v) is 2.41. The van der Waals surface area contributed by atoms with Gasteiger partial charge in [-0.3, -0.25) is 0 Å². The van der Waals surface area contributed by atoms with Crippen molar-refractivity contribution in [2.45, 2.75) is 19.8 Å². The molecule has 13 heavy (non-hydrogen) atoms. The summed E-state index contributed by atoms with van der Waals surface area (Å²) in [6, 6.07) is 5.75. The van der Waals surface area contributed by atoms with E-state index in [-0.39, 0.29) is 0 Å². The number of aryl methyl sites for hydroxylation is 1. The topological polar surface area (TPSA) is 20.2 Å². The second-order valence-corrected chi connectivity index (χ2v) is 3.25. The summed E-state index contributed by atoms with van der Waals surface area (Å²) in [5, 5.41) is 8.36. The van der Waals surface area contributed by atoms with Crippen LogP contribution in [0, 0.1) is 0 Å². The summed E-state index contributed by atoms with van der Waals surface area (Å²) in [4.78, 5) is 0. The molecule has 0 unspecified atom stereocenters. The smallest absolute Gasteiger partial charge is 0.0624 e. The van der Waals surface area contributed by atoms with Gasteiger partial charge in [-0.2, -0.15) is 0 Å². The standard InChI is InChI=1S/C9H10Cl2.CH4O/c1-2-4-7-5-3-6-8(10)9(7)11;1-2/h3,5-6H,2,4H2,1H3;2H,1H3. The summed E-state index contributed by atoms with van der Waals surface area (Å²) >= 11 is 11.8. The Labute approximate surface area is 89.3 Å². The van der Waals surface area contributed by atoms with Crippen LogP contribution in [0.1, 0.15) is 18.9 Å². The Hall–Kier alpha value is -0.240. The lowest BCUT2D eigenvalue weighted by Crippen LogP contribution is -1.84. The van der Waals surface area contributed by atoms with Crippen LogP contribution in [0.15, 0.2) is 18.2 Å². The minimum Gasteiger partial charge on any atom is -0.400 e. The second-order valence-electron chi connectivity index (χ2n) is 2.46. The summed E-state index contributed by atoms with van der Waals surface area (Å²) < 4.78 is 0. The van der Waals surface area contributed by atoms with Gasteiger partial charge < -0.3 is 5.11 Å². The predicted molar refractivity (Wildman–Crippen MR) is 58.6 cm³/mol. The van der Waals surface area contributed by atoms with Crippen LogP contribution in [0.3, 0.4) is 0 Å². The molecule has 0 spiro atoms. The van der Waals surface area contributed by atoms with Gasteiger partial charge in [0.1, 0.15) is 0 Å². The van der Waals surface area contributed by atoms with E-state index in [2.05, 4.69) is 6.92 Å². The molecule has 0 aromatic heterocycles. The molecule has 0 saturated heterocycles. The molecule has 0 atom stereocenters. The molecule has 74 valence electrons. The van der Waals surface area contributed by atoms with Gasteiger partial charge >= 0.3 is 0 Å². The average Bonchev–Trinajstić information content (AvgIpc) is 2.17. The van der Waals surface area contributed by atoms with Crippen molar-refractivity contribution >= 4 is 23.2 Å². The third kappa shape index (κ3) is 3.99. The number of aliphatic hydroxyl groups excluding tert-OH is 1. The number of hydrogen-bond acceptors (Lipinski definition) is 1. The highest BCUT2D eigenvalue weighted by Gasteiger charge is 2.01. The van der Waals surface area contributed by atoms with E-state index in [1.165, 1.54) is 0 Å². The average molecular weight is 221 g/mol. The van der Waals surface area contributed by atoms with Gasteiger partial charge in [0, 0.05) is 7.11 Å². The fourth-order valence-electron chi connectivity index (χ4n) is 1.01. The van der Waals surface area contributed by atoms with Crippen molar-refractivity contribution in [2.75, 3.05) is 7.11 Å². The van der Waals surface area contributed by atoms with Gasteiger partial charge in [0.2, 0.25) is 0 Å². The molecule has 0 bridgehead atoms. The lowest BCUT2D eigenvalue weighted by Gasteiger charge is -2.02. The number of benzene rings is 1. The second kappa shape index (κ2) is 7.19. The van der Waals surface area contributed by atoms with Crippen LogP contribution in [0.4, 0.5) is 0 Å². The van der Waals surface area contributed by atoms with Gasteiger partial charge in [-0.1, -0.05) is 48.7 Å². The van der Waals surface area contributed by atoms with Crippen LogP contribution in [-0.2, 0) is 6.42 Å². The van der Waals surface area contributed by atoms with Crippen molar-refractivity contribution in [3.05, 3.63) is 33.8 Å². The number of rotatable bonds is 2. The first-order valence-corrected chi connectivity index (χ1v) is 4.89. The van der Waals surface area contributed by atoms with E-state index in [9.17, 15) is 0 Å². The zero-order valence-corrected chi connectivity index (χ0v) is 9.36. The Kier molecular flexibility index (Phi) is 7.06. The highest BCUT2D eigenvalue weighted by Crippen LogP contribution is 2.26. The zero-order chi connectivity index (χ0) is 10.3. The number of halogens is 2. The van der Waals surface area contributed by atoms with Crippen LogP contribution in [0.5, 0.6) is 0 Å².